The molecule has 0 aliphatic heterocycles. The highest BCUT2D eigenvalue weighted by molar-refractivity contribution is 6.30. The van der Waals surface area contributed by atoms with Crippen molar-refractivity contribution >= 4 is 28.9 Å². The molecule has 2 N–H and O–H groups in total. The fourth-order valence-corrected chi connectivity index (χ4v) is 2.35. The van der Waals surface area contributed by atoms with E-state index in [1.54, 1.807) is 6.07 Å². The normalized spacial score (nSPS) is 10.4. The standard InChI is InChI=1S/C17H18ClFN2O/c1-3-12-6-4-5-11(2)17(12)21-16(22)10-20-15-8-7-13(18)9-14(15)19/h4-9,20H,3,10H2,1-2H3,(H,21,22). The van der Waals surface area contributed by atoms with Crippen molar-refractivity contribution < 1.29 is 9.18 Å². The third-order valence-corrected chi connectivity index (χ3v) is 3.61. The zero-order chi connectivity index (χ0) is 16.1. The van der Waals surface area contributed by atoms with Gasteiger partial charge in [-0.1, -0.05) is 36.7 Å². The third-order valence-electron chi connectivity index (χ3n) is 3.37. The van der Waals surface area contributed by atoms with E-state index in [1.807, 2.05) is 32.0 Å². The minimum Gasteiger partial charge on any atom is -0.374 e. The molecule has 0 saturated heterocycles. The molecule has 1 amide bonds. The van der Waals surface area contributed by atoms with Crippen LogP contribution in [0.4, 0.5) is 15.8 Å². The lowest BCUT2D eigenvalue weighted by molar-refractivity contribution is -0.114. The average Bonchev–Trinajstić information content (AvgIpc) is 2.48. The van der Waals surface area contributed by atoms with Gasteiger partial charge in [0.25, 0.3) is 0 Å². The zero-order valence-electron chi connectivity index (χ0n) is 12.5. The van der Waals surface area contributed by atoms with Gasteiger partial charge < -0.3 is 10.6 Å². The largest absolute Gasteiger partial charge is 0.374 e. The molecule has 0 fully saturated rings. The van der Waals surface area contributed by atoms with E-state index in [9.17, 15) is 9.18 Å². The van der Waals surface area contributed by atoms with Gasteiger partial charge in [0.1, 0.15) is 5.82 Å². The van der Waals surface area contributed by atoms with E-state index in [1.165, 1.54) is 12.1 Å². The quantitative estimate of drug-likeness (QED) is 0.857. The fraction of sp³-hybridized carbons (Fsp3) is 0.235. The summed E-state index contributed by atoms with van der Waals surface area (Å²) in [6, 6.07) is 10.2. The van der Waals surface area contributed by atoms with Crippen LogP contribution in [0.3, 0.4) is 0 Å². The summed E-state index contributed by atoms with van der Waals surface area (Å²) in [6.45, 7) is 3.96. The van der Waals surface area contributed by atoms with E-state index in [0.717, 1.165) is 23.2 Å². The number of hydrogen-bond acceptors (Lipinski definition) is 2. The molecule has 2 aromatic rings. The molecule has 0 heterocycles. The first kappa shape index (κ1) is 16.3. The lowest BCUT2D eigenvalue weighted by Gasteiger charge is -2.14. The first-order chi connectivity index (χ1) is 10.5. The molecule has 0 bridgehead atoms. The van der Waals surface area contributed by atoms with Gasteiger partial charge in [-0.15, -0.1) is 0 Å². The molecular weight excluding hydrogens is 303 g/mol. The maximum absolute atomic E-state index is 13.6. The molecule has 0 aliphatic rings. The lowest BCUT2D eigenvalue weighted by Crippen LogP contribution is -2.23. The van der Waals surface area contributed by atoms with E-state index in [-0.39, 0.29) is 18.1 Å². The van der Waals surface area contributed by atoms with Crippen molar-refractivity contribution in [3.05, 3.63) is 58.4 Å². The van der Waals surface area contributed by atoms with E-state index in [2.05, 4.69) is 10.6 Å². The Labute approximate surface area is 134 Å². The number of aryl methyl sites for hydroxylation is 2. The molecule has 3 nitrogen and oxygen atoms in total. The van der Waals surface area contributed by atoms with Gasteiger partial charge in [0.05, 0.1) is 12.2 Å². The highest BCUT2D eigenvalue weighted by atomic mass is 35.5. The number of rotatable bonds is 5. The summed E-state index contributed by atoms with van der Waals surface area (Å²) in [5.41, 5.74) is 3.16. The van der Waals surface area contributed by atoms with Crippen LogP contribution < -0.4 is 10.6 Å². The summed E-state index contributed by atoms with van der Waals surface area (Å²) in [5, 5.41) is 5.97. The number of benzene rings is 2. The summed E-state index contributed by atoms with van der Waals surface area (Å²) in [6.07, 6.45) is 0.830. The van der Waals surface area contributed by atoms with Gasteiger partial charge >= 0.3 is 0 Å². The molecule has 0 saturated carbocycles. The molecule has 0 aliphatic carbocycles. The Morgan fingerprint density at radius 2 is 2.05 bits per heavy atom. The van der Waals surface area contributed by atoms with Crippen molar-refractivity contribution in [2.75, 3.05) is 17.2 Å². The lowest BCUT2D eigenvalue weighted by atomic mass is 10.1. The Kier molecular flexibility index (Phi) is 5.39. The molecular formula is C17H18ClFN2O. The maximum atomic E-state index is 13.6. The second-order valence-electron chi connectivity index (χ2n) is 4.99. The second-order valence-corrected chi connectivity index (χ2v) is 5.42. The van der Waals surface area contributed by atoms with Gasteiger partial charge in [0.2, 0.25) is 5.91 Å². The Hall–Kier alpha value is -2.07. The van der Waals surface area contributed by atoms with Gasteiger partial charge in [-0.05, 0) is 42.7 Å². The Morgan fingerprint density at radius 1 is 1.27 bits per heavy atom. The van der Waals surface area contributed by atoms with Crippen molar-refractivity contribution in [2.24, 2.45) is 0 Å². The predicted octanol–water partition coefficient (Wildman–Crippen LogP) is 4.40. The van der Waals surface area contributed by atoms with Gasteiger partial charge in [-0.25, -0.2) is 4.39 Å². The summed E-state index contributed by atoms with van der Waals surface area (Å²) >= 11 is 5.69. The summed E-state index contributed by atoms with van der Waals surface area (Å²) < 4.78 is 13.6. The highest BCUT2D eigenvalue weighted by Crippen LogP contribution is 2.21. The van der Waals surface area contributed by atoms with Crippen molar-refractivity contribution in [3.63, 3.8) is 0 Å². The number of carbonyl (C=O) groups is 1. The molecule has 2 rings (SSSR count). The molecule has 0 atom stereocenters. The molecule has 0 unspecified atom stereocenters. The van der Waals surface area contributed by atoms with Crippen molar-refractivity contribution in [3.8, 4) is 0 Å². The monoisotopic (exact) mass is 320 g/mol. The summed E-state index contributed by atoms with van der Waals surface area (Å²) in [5.74, 6) is -0.705. The summed E-state index contributed by atoms with van der Waals surface area (Å²) in [7, 11) is 0. The minimum absolute atomic E-state index is 0.0178. The van der Waals surface area contributed by atoms with Crippen LogP contribution in [0.2, 0.25) is 5.02 Å². The predicted molar refractivity (Wildman–Crippen MR) is 89.1 cm³/mol. The molecule has 116 valence electrons. The molecule has 22 heavy (non-hydrogen) atoms. The topological polar surface area (TPSA) is 41.1 Å². The van der Waals surface area contributed by atoms with Crippen molar-refractivity contribution in [2.45, 2.75) is 20.3 Å². The van der Waals surface area contributed by atoms with Crippen LogP contribution >= 0.6 is 11.6 Å². The Morgan fingerprint density at radius 3 is 2.73 bits per heavy atom. The van der Waals surface area contributed by atoms with Crippen LogP contribution in [0, 0.1) is 12.7 Å². The molecule has 2 aromatic carbocycles. The average molecular weight is 321 g/mol. The SMILES string of the molecule is CCc1cccc(C)c1NC(=O)CNc1ccc(Cl)cc1F. The number of halogens is 2. The number of para-hydroxylation sites is 1. The van der Waals surface area contributed by atoms with Crippen molar-refractivity contribution in [1.29, 1.82) is 0 Å². The number of amides is 1. The van der Waals surface area contributed by atoms with Crippen molar-refractivity contribution in [1.82, 2.24) is 0 Å². The molecule has 5 heteroatoms. The van der Waals surface area contributed by atoms with Crippen LogP contribution in [0.25, 0.3) is 0 Å². The van der Waals surface area contributed by atoms with Crippen LogP contribution in [0.15, 0.2) is 36.4 Å². The summed E-state index contributed by atoms with van der Waals surface area (Å²) in [4.78, 5) is 12.1. The zero-order valence-corrected chi connectivity index (χ0v) is 13.3. The Balaban J connectivity index is 2.02. The smallest absolute Gasteiger partial charge is 0.243 e. The highest BCUT2D eigenvalue weighted by Gasteiger charge is 2.09. The van der Waals surface area contributed by atoms with Crippen LogP contribution in [0.1, 0.15) is 18.1 Å². The molecule has 0 radical (unpaired) electrons. The first-order valence-electron chi connectivity index (χ1n) is 7.08. The van der Waals surface area contributed by atoms with Gasteiger partial charge in [0, 0.05) is 10.7 Å². The van der Waals surface area contributed by atoms with E-state index in [0.29, 0.717) is 5.02 Å². The minimum atomic E-state index is -0.481. The maximum Gasteiger partial charge on any atom is 0.243 e. The van der Waals surface area contributed by atoms with Crippen LogP contribution in [-0.2, 0) is 11.2 Å². The van der Waals surface area contributed by atoms with Gasteiger partial charge in [-0.3, -0.25) is 4.79 Å². The van der Waals surface area contributed by atoms with E-state index >= 15 is 0 Å². The first-order valence-corrected chi connectivity index (χ1v) is 7.46. The number of nitrogens with one attached hydrogen (secondary N) is 2. The molecule has 0 spiro atoms. The van der Waals surface area contributed by atoms with Gasteiger partial charge in [-0.2, -0.15) is 0 Å². The number of hydrogen-bond donors (Lipinski definition) is 2. The number of carbonyl (C=O) groups excluding carboxylic acids is 1. The second kappa shape index (κ2) is 7.27. The van der Waals surface area contributed by atoms with Crippen LogP contribution in [0.5, 0.6) is 0 Å². The third kappa shape index (κ3) is 3.98. The Bertz CT molecular complexity index is 688. The molecule has 0 aromatic heterocycles. The van der Waals surface area contributed by atoms with Crippen LogP contribution in [-0.4, -0.2) is 12.5 Å². The van der Waals surface area contributed by atoms with E-state index in [4.69, 9.17) is 11.6 Å². The van der Waals surface area contributed by atoms with E-state index < -0.39 is 5.82 Å². The fourth-order valence-electron chi connectivity index (χ4n) is 2.19. The number of anilines is 2. The van der Waals surface area contributed by atoms with Gasteiger partial charge in [0.15, 0.2) is 0 Å².